The number of hydrogen-bond acceptors (Lipinski definition) is 5. The van der Waals surface area contributed by atoms with E-state index in [4.69, 9.17) is 9.47 Å². The monoisotopic (exact) mass is 368 g/mol. The van der Waals surface area contributed by atoms with E-state index in [9.17, 15) is 9.90 Å². The summed E-state index contributed by atoms with van der Waals surface area (Å²) in [6, 6.07) is 15.0. The van der Waals surface area contributed by atoms with Gasteiger partial charge < -0.3 is 14.6 Å². The molecule has 2 saturated heterocycles. The summed E-state index contributed by atoms with van der Waals surface area (Å²) in [6.45, 7) is 1.08. The Kier molecular flexibility index (Phi) is 5.09. The summed E-state index contributed by atoms with van der Waals surface area (Å²) in [4.78, 5) is 18.8. The molecular weight excluding hydrogens is 344 g/mol. The van der Waals surface area contributed by atoms with E-state index < -0.39 is 5.60 Å². The highest BCUT2D eigenvalue weighted by molar-refractivity contribution is 5.69. The van der Waals surface area contributed by atoms with Crippen LogP contribution in [0.15, 0.2) is 54.7 Å². The molecule has 1 aromatic carbocycles. The number of carbonyl (C=O) groups excluding carboxylic acids is 1. The summed E-state index contributed by atoms with van der Waals surface area (Å²) in [5, 5.41) is 11.2. The molecular formula is C21H24N2O4. The predicted octanol–water partition coefficient (Wildman–Crippen LogP) is 2.56. The van der Waals surface area contributed by atoms with Crippen LogP contribution >= 0.6 is 0 Å². The lowest BCUT2D eigenvalue weighted by Gasteiger charge is -2.50. The number of pyridine rings is 1. The summed E-state index contributed by atoms with van der Waals surface area (Å²) in [7, 11) is 0. The van der Waals surface area contributed by atoms with Crippen LogP contribution in [0.2, 0.25) is 0 Å². The van der Waals surface area contributed by atoms with Crippen molar-refractivity contribution in [3.63, 3.8) is 0 Å². The van der Waals surface area contributed by atoms with Gasteiger partial charge in [0.25, 0.3) is 0 Å². The van der Waals surface area contributed by atoms with E-state index in [1.165, 1.54) is 0 Å². The number of piperidine rings is 1. The van der Waals surface area contributed by atoms with Gasteiger partial charge in [0.2, 0.25) is 0 Å². The minimum atomic E-state index is -0.885. The summed E-state index contributed by atoms with van der Waals surface area (Å²) in [5.41, 5.74) is 0.930. The van der Waals surface area contributed by atoms with Gasteiger partial charge in [-0.2, -0.15) is 0 Å². The Morgan fingerprint density at radius 1 is 1.15 bits per heavy atom. The molecule has 2 aliphatic rings. The van der Waals surface area contributed by atoms with E-state index in [1.54, 1.807) is 11.1 Å². The molecule has 6 nitrogen and oxygen atoms in total. The molecule has 1 aromatic heterocycles. The SMILES string of the molecule is O=C(OCc1ccccc1)N1C2COCC1CC(O)(Cc1ccccn1)C2. The molecule has 0 aliphatic carbocycles. The molecule has 2 aromatic rings. The van der Waals surface area contributed by atoms with Crippen molar-refractivity contribution in [2.75, 3.05) is 13.2 Å². The highest BCUT2D eigenvalue weighted by Gasteiger charge is 2.48. The minimum absolute atomic E-state index is 0.186. The first-order valence-corrected chi connectivity index (χ1v) is 9.32. The normalized spacial score (nSPS) is 27.2. The Balaban J connectivity index is 1.43. The number of rotatable bonds is 4. The Bertz CT molecular complexity index is 754. The maximum atomic E-state index is 12.7. The van der Waals surface area contributed by atoms with Crippen LogP contribution in [0.25, 0.3) is 0 Å². The number of ether oxygens (including phenoxy) is 2. The molecule has 3 heterocycles. The van der Waals surface area contributed by atoms with Gasteiger partial charge in [0.05, 0.1) is 30.9 Å². The van der Waals surface area contributed by atoms with Gasteiger partial charge in [-0.3, -0.25) is 9.88 Å². The van der Waals surface area contributed by atoms with E-state index in [0.29, 0.717) is 32.5 Å². The number of morpholine rings is 1. The smallest absolute Gasteiger partial charge is 0.410 e. The first kappa shape index (κ1) is 17.9. The Hall–Kier alpha value is -2.44. The van der Waals surface area contributed by atoms with Gasteiger partial charge in [0.15, 0.2) is 0 Å². The van der Waals surface area contributed by atoms with E-state index in [0.717, 1.165) is 11.3 Å². The molecule has 2 bridgehead atoms. The van der Waals surface area contributed by atoms with Crippen LogP contribution in [0.5, 0.6) is 0 Å². The molecule has 2 unspecified atom stereocenters. The van der Waals surface area contributed by atoms with Gasteiger partial charge in [-0.05, 0) is 30.5 Å². The molecule has 27 heavy (non-hydrogen) atoms. The standard InChI is InChI=1S/C21H24N2O4/c24-20(27-13-16-6-2-1-3-7-16)23-18-11-21(25,12-19(23)15-26-14-18)10-17-8-4-5-9-22-17/h1-9,18-19,25H,10-15H2. The molecule has 1 N–H and O–H groups in total. The average Bonchev–Trinajstić information content (AvgIpc) is 2.67. The second kappa shape index (κ2) is 7.66. The zero-order valence-corrected chi connectivity index (χ0v) is 15.2. The van der Waals surface area contributed by atoms with Crippen molar-refractivity contribution in [2.24, 2.45) is 0 Å². The van der Waals surface area contributed by atoms with Crippen molar-refractivity contribution in [1.82, 2.24) is 9.88 Å². The van der Waals surface area contributed by atoms with Gasteiger partial charge in [0.1, 0.15) is 6.61 Å². The van der Waals surface area contributed by atoms with Gasteiger partial charge in [-0.15, -0.1) is 0 Å². The fourth-order valence-electron chi connectivity index (χ4n) is 4.15. The second-order valence-corrected chi connectivity index (χ2v) is 7.42. The minimum Gasteiger partial charge on any atom is -0.445 e. The molecule has 1 amide bonds. The number of amides is 1. The van der Waals surface area contributed by atoms with Crippen molar-refractivity contribution in [3.05, 3.63) is 66.0 Å². The molecule has 0 spiro atoms. The maximum Gasteiger partial charge on any atom is 0.410 e. The summed E-state index contributed by atoms with van der Waals surface area (Å²) in [5.74, 6) is 0. The van der Waals surface area contributed by atoms with Crippen molar-refractivity contribution >= 4 is 6.09 Å². The van der Waals surface area contributed by atoms with Crippen LogP contribution in [0.4, 0.5) is 4.79 Å². The number of benzene rings is 1. The molecule has 2 fully saturated rings. The molecule has 2 atom stereocenters. The van der Waals surface area contributed by atoms with Crippen molar-refractivity contribution in [2.45, 2.75) is 43.6 Å². The van der Waals surface area contributed by atoms with Crippen LogP contribution < -0.4 is 0 Å². The predicted molar refractivity (Wildman–Crippen MR) is 99.0 cm³/mol. The Morgan fingerprint density at radius 3 is 2.52 bits per heavy atom. The topological polar surface area (TPSA) is 71.9 Å². The summed E-state index contributed by atoms with van der Waals surface area (Å²) < 4.78 is 11.2. The van der Waals surface area contributed by atoms with Gasteiger partial charge in [-0.1, -0.05) is 36.4 Å². The largest absolute Gasteiger partial charge is 0.445 e. The van der Waals surface area contributed by atoms with Crippen LogP contribution in [0.1, 0.15) is 24.1 Å². The van der Waals surface area contributed by atoms with E-state index >= 15 is 0 Å². The summed E-state index contributed by atoms with van der Waals surface area (Å²) >= 11 is 0. The molecule has 6 heteroatoms. The molecule has 2 aliphatic heterocycles. The Morgan fingerprint density at radius 2 is 1.85 bits per heavy atom. The number of nitrogens with zero attached hydrogens (tertiary/aromatic N) is 2. The number of aliphatic hydroxyl groups is 1. The fraction of sp³-hybridized carbons (Fsp3) is 0.429. The summed E-state index contributed by atoms with van der Waals surface area (Å²) in [6.07, 6.45) is 2.80. The lowest BCUT2D eigenvalue weighted by molar-refractivity contribution is -0.133. The maximum absolute atomic E-state index is 12.7. The molecule has 0 saturated carbocycles. The molecule has 142 valence electrons. The average molecular weight is 368 g/mol. The Labute approximate surface area is 158 Å². The quantitative estimate of drug-likeness (QED) is 0.898. The number of carbonyl (C=O) groups is 1. The lowest BCUT2D eigenvalue weighted by Crippen LogP contribution is -2.64. The van der Waals surface area contributed by atoms with Crippen LogP contribution in [0.3, 0.4) is 0 Å². The number of fused-ring (bicyclic) bond motifs is 2. The van der Waals surface area contributed by atoms with E-state index in [1.807, 2.05) is 48.5 Å². The lowest BCUT2D eigenvalue weighted by atomic mass is 9.78. The zero-order valence-electron chi connectivity index (χ0n) is 15.2. The van der Waals surface area contributed by atoms with E-state index in [-0.39, 0.29) is 24.8 Å². The fourth-order valence-corrected chi connectivity index (χ4v) is 4.15. The van der Waals surface area contributed by atoms with Crippen molar-refractivity contribution in [1.29, 1.82) is 0 Å². The van der Waals surface area contributed by atoms with Gasteiger partial charge in [0, 0.05) is 18.3 Å². The van der Waals surface area contributed by atoms with Crippen LogP contribution in [-0.4, -0.2) is 52.0 Å². The van der Waals surface area contributed by atoms with Gasteiger partial charge in [-0.25, -0.2) is 4.79 Å². The molecule has 0 radical (unpaired) electrons. The highest BCUT2D eigenvalue weighted by Crippen LogP contribution is 2.36. The first-order chi connectivity index (χ1) is 13.1. The van der Waals surface area contributed by atoms with Crippen molar-refractivity contribution < 1.29 is 19.4 Å². The zero-order chi connectivity index (χ0) is 18.7. The molecule has 4 rings (SSSR count). The third-order valence-corrected chi connectivity index (χ3v) is 5.29. The number of aromatic nitrogens is 1. The number of hydrogen-bond donors (Lipinski definition) is 1. The van der Waals surface area contributed by atoms with Crippen LogP contribution in [0, 0.1) is 0 Å². The highest BCUT2D eigenvalue weighted by atomic mass is 16.6. The van der Waals surface area contributed by atoms with Crippen LogP contribution in [-0.2, 0) is 22.5 Å². The third kappa shape index (κ3) is 4.12. The third-order valence-electron chi connectivity index (χ3n) is 5.29. The van der Waals surface area contributed by atoms with Gasteiger partial charge >= 0.3 is 6.09 Å². The second-order valence-electron chi connectivity index (χ2n) is 7.42. The van der Waals surface area contributed by atoms with E-state index in [2.05, 4.69) is 4.98 Å². The first-order valence-electron chi connectivity index (χ1n) is 9.32. The van der Waals surface area contributed by atoms with Crippen molar-refractivity contribution in [3.8, 4) is 0 Å².